The summed E-state index contributed by atoms with van der Waals surface area (Å²) in [7, 11) is 1.95. The van der Waals surface area contributed by atoms with Crippen molar-refractivity contribution in [1.29, 1.82) is 0 Å². The smallest absolute Gasteiger partial charge is 0.246 e. The van der Waals surface area contributed by atoms with Crippen LogP contribution >= 0.6 is 0 Å². The lowest BCUT2D eigenvalue weighted by Gasteiger charge is -2.10. The highest BCUT2D eigenvalue weighted by Gasteiger charge is 2.26. The molecule has 6 heteroatoms. The van der Waals surface area contributed by atoms with Crippen molar-refractivity contribution in [2.45, 2.75) is 13.3 Å². The summed E-state index contributed by atoms with van der Waals surface area (Å²) in [5.41, 5.74) is 7.47. The second-order valence-electron chi connectivity index (χ2n) is 6.12. The SMILES string of the molecule is Cc1ccc2c(c1)-c1nn(C)cc1Cc1c(-c3ncco3)ncn1-2. The van der Waals surface area contributed by atoms with E-state index in [0.29, 0.717) is 5.89 Å². The van der Waals surface area contributed by atoms with Gasteiger partial charge in [-0.1, -0.05) is 11.6 Å². The fraction of sp³-hybridized carbons (Fsp3) is 0.167. The average Bonchev–Trinajstić information content (AvgIpc) is 3.26. The summed E-state index contributed by atoms with van der Waals surface area (Å²) < 4.78 is 9.47. The average molecular weight is 317 g/mol. The number of fused-ring (bicyclic) bond motifs is 5. The van der Waals surface area contributed by atoms with Crippen LogP contribution in [0, 0.1) is 6.92 Å². The van der Waals surface area contributed by atoms with E-state index in [-0.39, 0.29) is 0 Å². The number of hydrogen-bond acceptors (Lipinski definition) is 4. The summed E-state index contributed by atoms with van der Waals surface area (Å²) in [5, 5.41) is 4.69. The number of rotatable bonds is 1. The maximum absolute atomic E-state index is 5.48. The highest BCUT2D eigenvalue weighted by Crippen LogP contribution is 2.37. The zero-order chi connectivity index (χ0) is 16.3. The minimum absolute atomic E-state index is 0.546. The number of oxazole rings is 1. The number of benzene rings is 1. The number of aryl methyl sites for hydroxylation is 2. The molecule has 4 heterocycles. The molecule has 0 fully saturated rings. The van der Waals surface area contributed by atoms with Gasteiger partial charge in [0.2, 0.25) is 5.89 Å². The second kappa shape index (κ2) is 4.67. The fourth-order valence-corrected chi connectivity index (χ4v) is 3.39. The van der Waals surface area contributed by atoms with Crippen LogP contribution in [0.25, 0.3) is 28.5 Å². The summed E-state index contributed by atoms with van der Waals surface area (Å²) in [6.07, 6.45) is 7.86. The van der Waals surface area contributed by atoms with E-state index < -0.39 is 0 Å². The minimum atomic E-state index is 0.546. The molecule has 1 aliphatic rings. The molecule has 118 valence electrons. The van der Waals surface area contributed by atoms with Gasteiger partial charge >= 0.3 is 0 Å². The van der Waals surface area contributed by atoms with Gasteiger partial charge in [-0.3, -0.25) is 4.68 Å². The topological polar surface area (TPSA) is 61.7 Å². The monoisotopic (exact) mass is 317 g/mol. The standard InChI is InChI=1S/C18H15N5O/c1-11-3-4-14-13(7-11)16-12(9-22(2)21-16)8-15-17(20-10-23(14)15)18-19-5-6-24-18/h3-7,9-10H,8H2,1-2H3. The Hall–Kier alpha value is -3.15. The van der Waals surface area contributed by atoms with Crippen molar-refractivity contribution in [2.75, 3.05) is 0 Å². The van der Waals surface area contributed by atoms with E-state index in [4.69, 9.17) is 9.52 Å². The lowest BCUT2D eigenvalue weighted by molar-refractivity contribution is 0.571. The highest BCUT2D eigenvalue weighted by atomic mass is 16.3. The molecule has 0 radical (unpaired) electrons. The molecule has 24 heavy (non-hydrogen) atoms. The molecule has 1 aliphatic heterocycles. The number of imidazole rings is 1. The quantitative estimate of drug-likeness (QED) is 0.476. The van der Waals surface area contributed by atoms with Gasteiger partial charge in [0, 0.05) is 30.8 Å². The fourth-order valence-electron chi connectivity index (χ4n) is 3.39. The molecule has 0 N–H and O–H groups in total. The van der Waals surface area contributed by atoms with Crippen LogP contribution in [-0.2, 0) is 13.5 Å². The molecule has 6 nitrogen and oxygen atoms in total. The molecule has 0 bridgehead atoms. The Morgan fingerprint density at radius 1 is 1.17 bits per heavy atom. The molecule has 3 aromatic heterocycles. The van der Waals surface area contributed by atoms with E-state index in [1.165, 1.54) is 11.1 Å². The molecule has 5 rings (SSSR count). The molecule has 0 spiro atoms. The molecule has 0 unspecified atom stereocenters. The Kier molecular flexibility index (Phi) is 2.59. The molecule has 0 saturated heterocycles. The summed E-state index contributed by atoms with van der Waals surface area (Å²) in [6.45, 7) is 2.10. The normalized spacial score (nSPS) is 12.4. The molecular weight excluding hydrogens is 302 g/mol. The zero-order valence-corrected chi connectivity index (χ0v) is 13.4. The molecule has 0 saturated carbocycles. The molecule has 0 atom stereocenters. The van der Waals surface area contributed by atoms with Gasteiger partial charge in [0.05, 0.1) is 23.3 Å². The highest BCUT2D eigenvalue weighted by molar-refractivity contribution is 5.76. The molecular formula is C18H15N5O. The van der Waals surface area contributed by atoms with Crippen molar-refractivity contribution in [1.82, 2.24) is 24.3 Å². The first kappa shape index (κ1) is 13.3. The summed E-state index contributed by atoms with van der Waals surface area (Å²) in [5.74, 6) is 0.546. The Morgan fingerprint density at radius 2 is 2.08 bits per heavy atom. The lowest BCUT2D eigenvalue weighted by Crippen LogP contribution is -2.00. The van der Waals surface area contributed by atoms with Gasteiger partial charge in [0.15, 0.2) is 0 Å². The van der Waals surface area contributed by atoms with E-state index in [0.717, 1.165) is 34.8 Å². The van der Waals surface area contributed by atoms with Gasteiger partial charge in [0.25, 0.3) is 0 Å². The number of hydrogen-bond donors (Lipinski definition) is 0. The van der Waals surface area contributed by atoms with Crippen molar-refractivity contribution < 1.29 is 4.42 Å². The van der Waals surface area contributed by atoms with Crippen LogP contribution in [0.5, 0.6) is 0 Å². The number of nitrogens with zero attached hydrogens (tertiary/aromatic N) is 5. The van der Waals surface area contributed by atoms with Crippen LogP contribution in [-0.4, -0.2) is 24.3 Å². The Bertz CT molecular complexity index is 1060. The predicted octanol–water partition coefficient (Wildman–Crippen LogP) is 3.14. The van der Waals surface area contributed by atoms with Crippen LogP contribution in [0.1, 0.15) is 16.8 Å². The van der Waals surface area contributed by atoms with Gasteiger partial charge in [-0.2, -0.15) is 5.10 Å². The summed E-state index contributed by atoms with van der Waals surface area (Å²) in [6, 6.07) is 6.42. The van der Waals surface area contributed by atoms with Crippen LogP contribution in [0.4, 0.5) is 0 Å². The second-order valence-corrected chi connectivity index (χ2v) is 6.12. The third-order valence-electron chi connectivity index (χ3n) is 4.43. The van der Waals surface area contributed by atoms with Crippen molar-refractivity contribution in [3.63, 3.8) is 0 Å². The van der Waals surface area contributed by atoms with Crippen LogP contribution < -0.4 is 0 Å². The first-order valence-corrected chi connectivity index (χ1v) is 7.81. The van der Waals surface area contributed by atoms with Gasteiger partial charge in [-0.15, -0.1) is 0 Å². The van der Waals surface area contributed by atoms with Crippen molar-refractivity contribution >= 4 is 0 Å². The lowest BCUT2D eigenvalue weighted by atomic mass is 10.0. The molecule has 0 aliphatic carbocycles. The maximum Gasteiger partial charge on any atom is 0.246 e. The molecule has 0 amide bonds. The predicted molar refractivity (Wildman–Crippen MR) is 88.8 cm³/mol. The van der Waals surface area contributed by atoms with Crippen molar-refractivity contribution in [3.05, 3.63) is 60.0 Å². The maximum atomic E-state index is 5.48. The largest absolute Gasteiger partial charge is 0.443 e. The number of aromatic nitrogens is 5. The van der Waals surface area contributed by atoms with Crippen LogP contribution in [0.3, 0.4) is 0 Å². The van der Waals surface area contributed by atoms with E-state index in [2.05, 4.69) is 45.9 Å². The first-order valence-electron chi connectivity index (χ1n) is 7.81. The van der Waals surface area contributed by atoms with Crippen LogP contribution in [0.15, 0.2) is 47.6 Å². The van der Waals surface area contributed by atoms with E-state index in [9.17, 15) is 0 Å². The van der Waals surface area contributed by atoms with Gasteiger partial charge < -0.3 is 8.98 Å². The third-order valence-corrected chi connectivity index (χ3v) is 4.43. The van der Waals surface area contributed by atoms with E-state index in [1.807, 2.05) is 18.1 Å². The van der Waals surface area contributed by atoms with E-state index in [1.54, 1.807) is 12.5 Å². The summed E-state index contributed by atoms with van der Waals surface area (Å²) >= 11 is 0. The molecule has 4 aromatic rings. The van der Waals surface area contributed by atoms with Gasteiger partial charge in [-0.25, -0.2) is 9.97 Å². The zero-order valence-electron chi connectivity index (χ0n) is 13.4. The van der Waals surface area contributed by atoms with Gasteiger partial charge in [-0.05, 0) is 19.1 Å². The van der Waals surface area contributed by atoms with E-state index >= 15 is 0 Å². The minimum Gasteiger partial charge on any atom is -0.443 e. The van der Waals surface area contributed by atoms with Crippen LogP contribution in [0.2, 0.25) is 0 Å². The summed E-state index contributed by atoms with van der Waals surface area (Å²) in [4.78, 5) is 8.83. The molecule has 1 aromatic carbocycles. The third kappa shape index (κ3) is 1.79. The Labute approximate surface area is 138 Å². The Balaban J connectivity index is 1.84. The van der Waals surface area contributed by atoms with Gasteiger partial charge in [0.1, 0.15) is 18.3 Å². The van der Waals surface area contributed by atoms with Crippen molar-refractivity contribution in [2.24, 2.45) is 7.05 Å². The van der Waals surface area contributed by atoms with Crippen molar-refractivity contribution in [3.8, 4) is 28.5 Å². The first-order chi connectivity index (χ1) is 11.7. The Morgan fingerprint density at radius 3 is 2.92 bits per heavy atom.